The van der Waals surface area contributed by atoms with Crippen molar-refractivity contribution in [1.82, 2.24) is 15.1 Å². The van der Waals surface area contributed by atoms with Gasteiger partial charge >= 0.3 is 5.97 Å². The summed E-state index contributed by atoms with van der Waals surface area (Å²) in [6.45, 7) is 2.24. The molecule has 0 bridgehead atoms. The van der Waals surface area contributed by atoms with Crippen molar-refractivity contribution in [3.8, 4) is 0 Å². The van der Waals surface area contributed by atoms with E-state index >= 15 is 0 Å². The summed E-state index contributed by atoms with van der Waals surface area (Å²) in [4.78, 5) is 23.9. The Kier molecular flexibility index (Phi) is 4.51. The summed E-state index contributed by atoms with van der Waals surface area (Å²) in [7, 11) is 1.83. The second kappa shape index (κ2) is 6.76. The first kappa shape index (κ1) is 16.7. The Hall–Kier alpha value is -3.16. The van der Waals surface area contributed by atoms with Crippen molar-refractivity contribution in [3.63, 3.8) is 0 Å². The van der Waals surface area contributed by atoms with Crippen molar-refractivity contribution >= 4 is 23.3 Å². The molecule has 2 aromatic rings. The molecule has 0 spiro atoms. The maximum Gasteiger partial charge on any atom is 0.328 e. The van der Waals surface area contributed by atoms with Crippen molar-refractivity contribution in [2.24, 2.45) is 12.1 Å². The van der Waals surface area contributed by atoms with Crippen molar-refractivity contribution in [2.45, 2.75) is 25.9 Å². The van der Waals surface area contributed by atoms with Gasteiger partial charge < -0.3 is 10.4 Å². The fourth-order valence-corrected chi connectivity index (χ4v) is 2.65. The van der Waals surface area contributed by atoms with E-state index in [1.54, 1.807) is 35.1 Å². The molecular formula is C17H19N5O3. The van der Waals surface area contributed by atoms with Gasteiger partial charge in [-0.1, -0.05) is 18.2 Å². The van der Waals surface area contributed by atoms with E-state index in [4.69, 9.17) is 0 Å². The maximum absolute atomic E-state index is 12.4. The summed E-state index contributed by atoms with van der Waals surface area (Å²) in [5, 5.41) is 22.0. The van der Waals surface area contributed by atoms with Gasteiger partial charge in [0.2, 0.25) is 0 Å². The molecule has 0 saturated carbocycles. The SMILES string of the molecule is Cc1c(CNC(=O)C2=NN(c3ccccc3)C(C(=O)O)C2)cnn1C. The molecule has 1 aromatic heterocycles. The maximum atomic E-state index is 12.4. The van der Waals surface area contributed by atoms with Crippen LogP contribution in [0.2, 0.25) is 0 Å². The summed E-state index contributed by atoms with van der Waals surface area (Å²) in [6, 6.07) is 8.07. The minimum absolute atomic E-state index is 0.0576. The highest BCUT2D eigenvalue weighted by Gasteiger charge is 2.36. The first-order chi connectivity index (χ1) is 12.0. The number of rotatable bonds is 5. The van der Waals surface area contributed by atoms with E-state index in [-0.39, 0.29) is 18.0 Å². The minimum atomic E-state index is -1.02. The molecule has 0 radical (unpaired) electrons. The van der Waals surface area contributed by atoms with Crippen LogP contribution >= 0.6 is 0 Å². The third-order valence-electron chi connectivity index (χ3n) is 4.25. The Bertz CT molecular complexity index is 828. The number of hydrogen-bond acceptors (Lipinski definition) is 5. The van der Waals surface area contributed by atoms with Gasteiger partial charge in [-0.3, -0.25) is 14.5 Å². The van der Waals surface area contributed by atoms with E-state index in [0.717, 1.165) is 11.3 Å². The third kappa shape index (κ3) is 3.37. The summed E-state index contributed by atoms with van der Waals surface area (Å²) >= 11 is 0. The number of carboxylic acid groups (broad SMARTS) is 1. The monoisotopic (exact) mass is 341 g/mol. The van der Waals surface area contributed by atoms with Crippen LogP contribution in [0.25, 0.3) is 0 Å². The van der Waals surface area contributed by atoms with Gasteiger partial charge in [-0.15, -0.1) is 0 Å². The lowest BCUT2D eigenvalue weighted by molar-refractivity contribution is -0.138. The smallest absolute Gasteiger partial charge is 0.328 e. The standard InChI is InChI=1S/C17H19N5O3/c1-11-12(10-19-21(11)2)9-18-16(23)14-8-15(17(24)25)22(20-14)13-6-4-3-5-7-13/h3-7,10,15H,8-9H2,1-2H3,(H,18,23)(H,24,25). The Morgan fingerprint density at radius 2 is 2.04 bits per heavy atom. The average Bonchev–Trinajstić information content (AvgIpc) is 3.19. The van der Waals surface area contributed by atoms with E-state index < -0.39 is 12.0 Å². The van der Waals surface area contributed by atoms with E-state index in [9.17, 15) is 14.7 Å². The van der Waals surface area contributed by atoms with Gasteiger partial charge in [0, 0.05) is 31.3 Å². The highest BCUT2D eigenvalue weighted by molar-refractivity contribution is 6.40. The molecule has 2 heterocycles. The van der Waals surface area contributed by atoms with Gasteiger partial charge in [0.1, 0.15) is 5.71 Å². The first-order valence-electron chi connectivity index (χ1n) is 7.87. The van der Waals surface area contributed by atoms with Gasteiger partial charge in [-0.25, -0.2) is 4.79 Å². The van der Waals surface area contributed by atoms with E-state index in [1.165, 1.54) is 5.01 Å². The van der Waals surface area contributed by atoms with Crippen LogP contribution in [0.3, 0.4) is 0 Å². The zero-order valence-corrected chi connectivity index (χ0v) is 14.0. The lowest BCUT2D eigenvalue weighted by atomic mass is 10.1. The number of hydrazone groups is 1. The number of anilines is 1. The summed E-state index contributed by atoms with van der Waals surface area (Å²) in [5.41, 5.74) is 2.71. The minimum Gasteiger partial charge on any atom is -0.480 e. The van der Waals surface area contributed by atoms with Crippen molar-refractivity contribution in [3.05, 3.63) is 47.8 Å². The molecule has 1 atom stereocenters. The Morgan fingerprint density at radius 1 is 1.32 bits per heavy atom. The number of carbonyl (C=O) groups excluding carboxylic acids is 1. The Labute approximate surface area is 144 Å². The van der Waals surface area contributed by atoms with Crippen LogP contribution in [0.5, 0.6) is 0 Å². The predicted octanol–water partition coefficient (Wildman–Crippen LogP) is 1.06. The second-order valence-electron chi connectivity index (χ2n) is 5.85. The number of para-hydroxylation sites is 1. The van der Waals surface area contributed by atoms with Gasteiger partial charge in [0.05, 0.1) is 11.9 Å². The van der Waals surface area contributed by atoms with Crippen LogP contribution in [-0.2, 0) is 23.2 Å². The van der Waals surface area contributed by atoms with E-state index in [0.29, 0.717) is 12.2 Å². The molecule has 3 rings (SSSR count). The quantitative estimate of drug-likeness (QED) is 0.847. The zero-order chi connectivity index (χ0) is 18.0. The normalized spacial score (nSPS) is 16.6. The summed E-state index contributed by atoms with van der Waals surface area (Å²) in [5.74, 6) is -1.38. The fraction of sp³-hybridized carbons (Fsp3) is 0.294. The van der Waals surface area contributed by atoms with Crippen LogP contribution in [0.15, 0.2) is 41.6 Å². The molecule has 0 aliphatic carbocycles. The number of aryl methyl sites for hydroxylation is 1. The molecule has 1 amide bonds. The molecule has 8 nitrogen and oxygen atoms in total. The largest absolute Gasteiger partial charge is 0.480 e. The molecule has 1 unspecified atom stereocenters. The number of aromatic nitrogens is 2. The predicted molar refractivity (Wildman–Crippen MR) is 92.2 cm³/mol. The molecule has 2 N–H and O–H groups in total. The zero-order valence-electron chi connectivity index (χ0n) is 14.0. The summed E-state index contributed by atoms with van der Waals surface area (Å²) in [6.07, 6.45) is 1.75. The number of aliphatic carboxylic acids is 1. The van der Waals surface area contributed by atoms with Crippen LogP contribution in [0.4, 0.5) is 5.69 Å². The number of carbonyl (C=O) groups is 2. The molecule has 130 valence electrons. The number of benzene rings is 1. The average molecular weight is 341 g/mol. The number of nitrogens with one attached hydrogen (secondary N) is 1. The molecular weight excluding hydrogens is 322 g/mol. The highest BCUT2D eigenvalue weighted by Crippen LogP contribution is 2.24. The number of carboxylic acids is 1. The lowest BCUT2D eigenvalue weighted by Gasteiger charge is -2.19. The molecule has 1 aromatic carbocycles. The first-order valence-corrected chi connectivity index (χ1v) is 7.87. The second-order valence-corrected chi connectivity index (χ2v) is 5.85. The van der Waals surface area contributed by atoms with Gasteiger partial charge in [-0.2, -0.15) is 10.2 Å². The topological polar surface area (TPSA) is 99.8 Å². The van der Waals surface area contributed by atoms with Gasteiger partial charge in [0.15, 0.2) is 6.04 Å². The lowest BCUT2D eigenvalue weighted by Crippen LogP contribution is -2.35. The van der Waals surface area contributed by atoms with Gasteiger partial charge in [0.25, 0.3) is 5.91 Å². The molecule has 0 saturated heterocycles. The molecule has 1 aliphatic heterocycles. The van der Waals surface area contributed by atoms with E-state index in [1.807, 2.05) is 20.0 Å². The van der Waals surface area contributed by atoms with E-state index in [2.05, 4.69) is 15.5 Å². The van der Waals surface area contributed by atoms with Crippen molar-refractivity contribution in [1.29, 1.82) is 0 Å². The highest BCUT2D eigenvalue weighted by atomic mass is 16.4. The fourth-order valence-electron chi connectivity index (χ4n) is 2.65. The molecule has 1 aliphatic rings. The van der Waals surface area contributed by atoms with Crippen LogP contribution in [-0.4, -0.2) is 38.5 Å². The van der Waals surface area contributed by atoms with Crippen LogP contribution < -0.4 is 10.3 Å². The summed E-state index contributed by atoms with van der Waals surface area (Å²) < 4.78 is 1.73. The molecule has 8 heteroatoms. The number of nitrogens with zero attached hydrogens (tertiary/aromatic N) is 4. The van der Waals surface area contributed by atoms with Crippen LogP contribution in [0, 0.1) is 6.92 Å². The Balaban J connectivity index is 1.74. The number of hydrogen-bond donors (Lipinski definition) is 2. The Morgan fingerprint density at radius 3 is 2.64 bits per heavy atom. The number of amides is 1. The molecule has 0 fully saturated rings. The van der Waals surface area contributed by atoms with Crippen molar-refractivity contribution in [2.75, 3.05) is 5.01 Å². The third-order valence-corrected chi connectivity index (χ3v) is 4.25. The van der Waals surface area contributed by atoms with Crippen LogP contribution in [0.1, 0.15) is 17.7 Å². The van der Waals surface area contributed by atoms with Gasteiger partial charge in [-0.05, 0) is 19.1 Å². The molecule has 25 heavy (non-hydrogen) atoms. The van der Waals surface area contributed by atoms with Crippen molar-refractivity contribution < 1.29 is 14.7 Å².